The molecular weight excluding hydrogens is 388 g/mol. The van der Waals surface area contributed by atoms with E-state index >= 15 is 0 Å². The first-order chi connectivity index (χ1) is 11.6. The number of carbonyl (C=O) groups excluding carboxylic acids is 1. The van der Waals surface area contributed by atoms with E-state index in [0.717, 1.165) is 20.3 Å². The number of thiazole rings is 1. The molecule has 24 heavy (non-hydrogen) atoms. The highest BCUT2D eigenvalue weighted by Crippen LogP contribution is 2.22. The van der Waals surface area contributed by atoms with E-state index in [1.807, 2.05) is 47.9 Å². The minimum Gasteiger partial charge on any atom is -0.383 e. The summed E-state index contributed by atoms with van der Waals surface area (Å²) in [5.74, 6) is -0.226. The zero-order chi connectivity index (χ0) is 17.1. The summed E-state index contributed by atoms with van der Waals surface area (Å²) in [7, 11) is 1.67. The first kappa shape index (κ1) is 17.1. The number of nitrogens with zero attached hydrogens (tertiary/aromatic N) is 2. The number of methoxy groups -OCH3 is 1. The quantitative estimate of drug-likeness (QED) is 0.654. The Morgan fingerprint density at radius 2 is 2.12 bits per heavy atom. The first-order valence-corrected chi connectivity index (χ1v) is 9.13. The molecule has 6 heteroatoms. The summed E-state index contributed by atoms with van der Waals surface area (Å²) < 4.78 is 9.31. The Kier molecular flexibility index (Phi) is 5.28. The molecule has 0 saturated heterocycles. The van der Waals surface area contributed by atoms with E-state index in [-0.39, 0.29) is 5.91 Å². The van der Waals surface area contributed by atoms with Gasteiger partial charge in [-0.1, -0.05) is 45.0 Å². The Balaban J connectivity index is 2.11. The predicted octanol–water partition coefficient (Wildman–Crippen LogP) is 4.16. The molecule has 0 spiro atoms. The molecule has 0 atom stereocenters. The molecule has 0 fully saturated rings. The highest BCUT2D eigenvalue weighted by molar-refractivity contribution is 9.10. The van der Waals surface area contributed by atoms with Crippen molar-refractivity contribution in [2.24, 2.45) is 4.99 Å². The monoisotopic (exact) mass is 404 g/mol. The van der Waals surface area contributed by atoms with Crippen molar-refractivity contribution >= 4 is 43.4 Å². The minimum absolute atomic E-state index is 0.226. The van der Waals surface area contributed by atoms with E-state index in [0.29, 0.717) is 23.5 Å². The van der Waals surface area contributed by atoms with Crippen molar-refractivity contribution in [2.75, 3.05) is 13.7 Å². The standard InChI is InChI=1S/C18H17BrN2O2S/c1-12-4-3-5-13(10-12)17(22)20-18-21(8-9-23-2)15-7-6-14(19)11-16(15)24-18/h3-7,10-11H,8-9H2,1-2H3. The molecule has 0 N–H and O–H groups in total. The lowest BCUT2D eigenvalue weighted by Crippen LogP contribution is -2.19. The number of halogens is 1. The summed E-state index contributed by atoms with van der Waals surface area (Å²) in [6, 6.07) is 13.6. The van der Waals surface area contributed by atoms with Gasteiger partial charge in [0.05, 0.1) is 16.8 Å². The number of carbonyl (C=O) groups is 1. The molecule has 124 valence electrons. The van der Waals surface area contributed by atoms with Crippen LogP contribution < -0.4 is 4.80 Å². The zero-order valence-electron chi connectivity index (χ0n) is 13.5. The van der Waals surface area contributed by atoms with Crippen molar-refractivity contribution in [3.05, 3.63) is 62.9 Å². The van der Waals surface area contributed by atoms with Gasteiger partial charge < -0.3 is 9.30 Å². The Hall–Kier alpha value is -1.76. The number of aryl methyl sites for hydroxylation is 1. The Bertz CT molecular complexity index is 959. The third-order valence-corrected chi connectivity index (χ3v) is 5.16. The molecule has 0 saturated carbocycles. The maximum absolute atomic E-state index is 12.5. The van der Waals surface area contributed by atoms with Crippen LogP contribution in [0.3, 0.4) is 0 Å². The van der Waals surface area contributed by atoms with E-state index < -0.39 is 0 Å². The van der Waals surface area contributed by atoms with Crippen LogP contribution in [0.1, 0.15) is 15.9 Å². The topological polar surface area (TPSA) is 43.6 Å². The van der Waals surface area contributed by atoms with Crippen molar-refractivity contribution in [1.82, 2.24) is 4.57 Å². The molecule has 3 aromatic rings. The van der Waals surface area contributed by atoms with Gasteiger partial charge in [0, 0.05) is 23.7 Å². The molecule has 3 rings (SSSR count). The van der Waals surface area contributed by atoms with E-state index in [9.17, 15) is 4.79 Å². The fourth-order valence-electron chi connectivity index (χ4n) is 2.46. The molecular formula is C18H17BrN2O2S. The van der Waals surface area contributed by atoms with Crippen molar-refractivity contribution < 1.29 is 9.53 Å². The van der Waals surface area contributed by atoms with E-state index in [1.165, 1.54) is 11.3 Å². The van der Waals surface area contributed by atoms with Gasteiger partial charge in [-0.25, -0.2) is 0 Å². The summed E-state index contributed by atoms with van der Waals surface area (Å²) in [5.41, 5.74) is 2.70. The SMILES string of the molecule is COCCn1c(=NC(=O)c2cccc(C)c2)sc2cc(Br)ccc21. The summed E-state index contributed by atoms with van der Waals surface area (Å²) in [4.78, 5) is 17.6. The number of aromatic nitrogens is 1. The van der Waals surface area contributed by atoms with Crippen LogP contribution in [-0.4, -0.2) is 24.2 Å². The van der Waals surface area contributed by atoms with Gasteiger partial charge >= 0.3 is 0 Å². The van der Waals surface area contributed by atoms with Crippen LogP contribution >= 0.6 is 27.3 Å². The maximum atomic E-state index is 12.5. The average molecular weight is 405 g/mol. The van der Waals surface area contributed by atoms with Crippen LogP contribution in [0.25, 0.3) is 10.2 Å². The van der Waals surface area contributed by atoms with Crippen molar-refractivity contribution in [1.29, 1.82) is 0 Å². The Morgan fingerprint density at radius 1 is 1.29 bits per heavy atom. The molecule has 4 nitrogen and oxygen atoms in total. The largest absolute Gasteiger partial charge is 0.383 e. The Morgan fingerprint density at radius 3 is 2.88 bits per heavy atom. The van der Waals surface area contributed by atoms with Gasteiger partial charge in [0.25, 0.3) is 5.91 Å². The van der Waals surface area contributed by atoms with Crippen LogP contribution in [-0.2, 0) is 11.3 Å². The van der Waals surface area contributed by atoms with Crippen molar-refractivity contribution in [3.8, 4) is 0 Å². The smallest absolute Gasteiger partial charge is 0.279 e. The van der Waals surface area contributed by atoms with Gasteiger partial charge in [-0.05, 0) is 37.3 Å². The number of hydrogen-bond acceptors (Lipinski definition) is 3. The molecule has 0 bridgehead atoms. The van der Waals surface area contributed by atoms with E-state index in [2.05, 4.69) is 20.9 Å². The van der Waals surface area contributed by atoms with E-state index in [1.54, 1.807) is 13.2 Å². The third kappa shape index (κ3) is 3.66. The molecule has 0 radical (unpaired) electrons. The second-order valence-corrected chi connectivity index (χ2v) is 7.35. The second kappa shape index (κ2) is 7.42. The molecule has 0 aliphatic rings. The van der Waals surface area contributed by atoms with Gasteiger partial charge in [0.1, 0.15) is 0 Å². The van der Waals surface area contributed by atoms with Crippen LogP contribution in [0, 0.1) is 6.92 Å². The van der Waals surface area contributed by atoms with Gasteiger partial charge in [-0.2, -0.15) is 4.99 Å². The molecule has 0 unspecified atom stereocenters. The van der Waals surface area contributed by atoms with Crippen molar-refractivity contribution in [3.63, 3.8) is 0 Å². The van der Waals surface area contributed by atoms with Crippen LogP contribution in [0.2, 0.25) is 0 Å². The lowest BCUT2D eigenvalue weighted by atomic mass is 10.1. The summed E-state index contributed by atoms with van der Waals surface area (Å²) >= 11 is 5.00. The highest BCUT2D eigenvalue weighted by Gasteiger charge is 2.10. The minimum atomic E-state index is -0.226. The van der Waals surface area contributed by atoms with Crippen LogP contribution in [0.5, 0.6) is 0 Å². The van der Waals surface area contributed by atoms with Crippen LogP contribution in [0.15, 0.2) is 51.9 Å². The normalized spacial score (nSPS) is 12.0. The van der Waals surface area contributed by atoms with Gasteiger partial charge in [-0.3, -0.25) is 4.79 Å². The summed E-state index contributed by atoms with van der Waals surface area (Å²) in [6.45, 7) is 3.18. The van der Waals surface area contributed by atoms with Gasteiger partial charge in [0.2, 0.25) is 0 Å². The molecule has 1 aromatic heterocycles. The molecule has 0 aliphatic carbocycles. The number of amides is 1. The number of rotatable bonds is 4. The average Bonchev–Trinajstić information content (AvgIpc) is 2.89. The fourth-order valence-corrected chi connectivity index (χ4v) is 4.07. The number of hydrogen-bond donors (Lipinski definition) is 0. The summed E-state index contributed by atoms with van der Waals surface area (Å²) in [5, 5.41) is 0. The van der Waals surface area contributed by atoms with Crippen molar-refractivity contribution in [2.45, 2.75) is 13.5 Å². The molecule has 0 aliphatic heterocycles. The van der Waals surface area contributed by atoms with E-state index in [4.69, 9.17) is 4.74 Å². The number of benzene rings is 2. The predicted molar refractivity (Wildman–Crippen MR) is 100 cm³/mol. The molecule has 1 heterocycles. The number of fused-ring (bicyclic) bond motifs is 1. The lowest BCUT2D eigenvalue weighted by Gasteiger charge is -2.04. The summed E-state index contributed by atoms with van der Waals surface area (Å²) in [6.07, 6.45) is 0. The number of ether oxygens (including phenoxy) is 1. The maximum Gasteiger partial charge on any atom is 0.279 e. The lowest BCUT2D eigenvalue weighted by molar-refractivity contribution is 0.0997. The van der Waals surface area contributed by atoms with Gasteiger partial charge in [-0.15, -0.1) is 0 Å². The fraction of sp³-hybridized carbons (Fsp3) is 0.222. The van der Waals surface area contributed by atoms with Gasteiger partial charge in [0.15, 0.2) is 4.80 Å². The Labute approximate surface area is 152 Å². The zero-order valence-corrected chi connectivity index (χ0v) is 15.9. The van der Waals surface area contributed by atoms with Crippen LogP contribution in [0.4, 0.5) is 0 Å². The second-order valence-electron chi connectivity index (χ2n) is 5.43. The molecule has 1 amide bonds. The first-order valence-electron chi connectivity index (χ1n) is 7.52. The third-order valence-electron chi connectivity index (χ3n) is 3.63. The molecule has 2 aromatic carbocycles. The highest BCUT2D eigenvalue weighted by atomic mass is 79.9.